The smallest absolute Gasteiger partial charge is 0.346 e. The molecule has 7 nitrogen and oxygen atoms in total. The highest BCUT2D eigenvalue weighted by molar-refractivity contribution is 7.55. The van der Waals surface area contributed by atoms with Crippen molar-refractivity contribution in [3.8, 4) is 0 Å². The van der Waals surface area contributed by atoms with Crippen LogP contribution in [0.2, 0.25) is 0 Å². The third-order valence-corrected chi connectivity index (χ3v) is 5.71. The third kappa shape index (κ3) is 9.95. The molecule has 0 bridgehead atoms. The van der Waals surface area contributed by atoms with Crippen LogP contribution in [0.3, 0.4) is 0 Å². The van der Waals surface area contributed by atoms with E-state index >= 15 is 0 Å². The predicted molar refractivity (Wildman–Crippen MR) is 101 cm³/mol. The topological polar surface area (TPSA) is 88.1 Å². The second-order valence-electron chi connectivity index (χ2n) is 5.25. The van der Waals surface area contributed by atoms with E-state index in [1.54, 1.807) is 0 Å². The molecule has 0 aromatic heterocycles. The van der Waals surface area contributed by atoms with E-state index in [9.17, 15) is 14.2 Å². The van der Waals surface area contributed by atoms with Crippen LogP contribution >= 0.6 is 42.4 Å². The number of esters is 2. The van der Waals surface area contributed by atoms with Gasteiger partial charge in [0, 0.05) is 11.1 Å². The Kier molecular flexibility index (Phi) is 12.5. The SMILES string of the molecule is C=C(C)C(=O)OCC(CCl)OP(=O)(CCl)OC(CCl)COC(=O)C(=C)C. The van der Waals surface area contributed by atoms with Crippen molar-refractivity contribution < 1.29 is 32.7 Å². The second-order valence-corrected chi connectivity index (χ2v) is 8.47. The summed E-state index contributed by atoms with van der Waals surface area (Å²) in [6, 6.07) is 0. The Hall–Kier alpha value is -0.560. The van der Waals surface area contributed by atoms with Gasteiger partial charge in [0.2, 0.25) is 0 Å². The first-order valence-corrected chi connectivity index (χ1v) is 10.7. The van der Waals surface area contributed by atoms with E-state index in [0.717, 1.165) is 0 Å². The van der Waals surface area contributed by atoms with Crippen molar-refractivity contribution in [2.24, 2.45) is 0 Å². The maximum atomic E-state index is 12.7. The summed E-state index contributed by atoms with van der Waals surface area (Å²) in [4.78, 5) is 22.8. The Morgan fingerprint density at radius 2 is 1.23 bits per heavy atom. The van der Waals surface area contributed by atoms with Gasteiger partial charge >= 0.3 is 19.5 Å². The van der Waals surface area contributed by atoms with Crippen molar-refractivity contribution in [3.05, 3.63) is 24.3 Å². The summed E-state index contributed by atoms with van der Waals surface area (Å²) in [6.45, 7) is 9.29. The normalized spacial score (nSPS) is 15.4. The van der Waals surface area contributed by atoms with E-state index < -0.39 is 37.4 Å². The Balaban J connectivity index is 4.81. The van der Waals surface area contributed by atoms with Crippen LogP contribution in [0.1, 0.15) is 13.8 Å². The van der Waals surface area contributed by atoms with Gasteiger partial charge in [-0.1, -0.05) is 13.2 Å². The number of ether oxygens (including phenoxy) is 2. The molecule has 2 atom stereocenters. The lowest BCUT2D eigenvalue weighted by molar-refractivity contribution is -0.141. The lowest BCUT2D eigenvalue weighted by Crippen LogP contribution is -2.27. The molecule has 0 fully saturated rings. The number of carbonyl (C=O) groups excluding carboxylic acids is 2. The fraction of sp³-hybridized carbons (Fsp3) is 0.600. The number of alkyl halides is 3. The second kappa shape index (κ2) is 12.8. The van der Waals surface area contributed by atoms with Crippen LogP contribution in [-0.4, -0.2) is 54.7 Å². The fourth-order valence-electron chi connectivity index (χ4n) is 1.33. The summed E-state index contributed by atoms with van der Waals surface area (Å²) in [5.74, 6) is -1.56. The molecule has 0 aromatic carbocycles. The molecule has 0 aliphatic carbocycles. The minimum atomic E-state index is -3.84. The molecule has 26 heavy (non-hydrogen) atoms. The summed E-state index contributed by atoms with van der Waals surface area (Å²) in [7, 11) is -3.84. The summed E-state index contributed by atoms with van der Waals surface area (Å²) in [5.41, 5.74) is -0.121. The van der Waals surface area contributed by atoms with Crippen LogP contribution < -0.4 is 0 Å². The van der Waals surface area contributed by atoms with Crippen LogP contribution in [0.25, 0.3) is 0 Å². The fourth-order valence-corrected chi connectivity index (χ4v) is 3.48. The first-order valence-electron chi connectivity index (χ1n) is 7.37. The lowest BCUT2D eigenvalue weighted by Gasteiger charge is -2.25. The quantitative estimate of drug-likeness (QED) is 0.182. The standard InChI is InChI=1S/C15H22Cl3O7P/c1-10(2)14(19)22-7-12(5-16)24-26(21,9-18)25-13(6-17)8-23-15(20)11(3)4/h12-13H,1,3,5-9H2,2,4H3. The van der Waals surface area contributed by atoms with Crippen molar-refractivity contribution in [1.82, 2.24) is 0 Å². The van der Waals surface area contributed by atoms with Gasteiger partial charge in [-0.25, -0.2) is 9.59 Å². The summed E-state index contributed by atoms with van der Waals surface area (Å²) >= 11 is 17.2. The number of halogens is 3. The number of carbonyl (C=O) groups is 2. The monoisotopic (exact) mass is 450 g/mol. The predicted octanol–water partition coefficient (Wildman–Crippen LogP) is 3.86. The number of hydrogen-bond acceptors (Lipinski definition) is 7. The Morgan fingerprint density at radius 3 is 1.46 bits per heavy atom. The minimum Gasteiger partial charge on any atom is -0.460 e. The van der Waals surface area contributed by atoms with E-state index in [0.29, 0.717) is 0 Å². The molecule has 0 amide bonds. The van der Waals surface area contributed by atoms with Crippen molar-refractivity contribution in [3.63, 3.8) is 0 Å². The van der Waals surface area contributed by atoms with Crippen LogP contribution in [0, 0.1) is 0 Å². The molecular weight excluding hydrogens is 429 g/mol. The molecular formula is C15H22Cl3O7P. The maximum Gasteiger partial charge on any atom is 0.346 e. The van der Waals surface area contributed by atoms with Crippen molar-refractivity contribution in [1.29, 1.82) is 0 Å². The van der Waals surface area contributed by atoms with Gasteiger partial charge in [-0.3, -0.25) is 13.6 Å². The third-order valence-electron chi connectivity index (χ3n) is 2.61. The number of hydrogen-bond donors (Lipinski definition) is 0. The first kappa shape index (κ1) is 25.4. The van der Waals surface area contributed by atoms with Crippen LogP contribution in [0.5, 0.6) is 0 Å². The van der Waals surface area contributed by atoms with Gasteiger partial charge in [0.15, 0.2) is 0 Å². The molecule has 0 saturated carbocycles. The highest BCUT2D eigenvalue weighted by Gasteiger charge is 2.32. The Morgan fingerprint density at radius 1 is 0.885 bits per heavy atom. The van der Waals surface area contributed by atoms with Crippen LogP contribution in [0.4, 0.5) is 0 Å². The average molecular weight is 452 g/mol. The molecule has 0 radical (unpaired) electrons. The highest BCUT2D eigenvalue weighted by atomic mass is 35.5. The molecule has 0 N–H and O–H groups in total. The van der Waals surface area contributed by atoms with E-state index in [4.69, 9.17) is 53.3 Å². The molecule has 0 aliphatic rings. The Labute approximate surface area is 168 Å². The van der Waals surface area contributed by atoms with E-state index in [1.165, 1.54) is 13.8 Å². The molecule has 0 saturated heterocycles. The van der Waals surface area contributed by atoms with Crippen molar-refractivity contribution in [2.45, 2.75) is 26.1 Å². The van der Waals surface area contributed by atoms with Gasteiger partial charge in [0.1, 0.15) is 31.0 Å². The molecule has 11 heteroatoms. The van der Waals surface area contributed by atoms with E-state index in [2.05, 4.69) is 13.2 Å². The van der Waals surface area contributed by atoms with E-state index in [-0.39, 0.29) is 36.1 Å². The van der Waals surface area contributed by atoms with Crippen molar-refractivity contribution >= 4 is 54.3 Å². The van der Waals surface area contributed by atoms with Crippen molar-refractivity contribution in [2.75, 3.05) is 30.6 Å². The van der Waals surface area contributed by atoms with Crippen LogP contribution in [-0.2, 0) is 32.7 Å². The largest absolute Gasteiger partial charge is 0.460 e. The van der Waals surface area contributed by atoms with Gasteiger partial charge in [0.25, 0.3) is 0 Å². The summed E-state index contributed by atoms with van der Waals surface area (Å²) < 4.78 is 33.1. The molecule has 150 valence electrons. The van der Waals surface area contributed by atoms with Gasteiger partial charge in [-0.05, 0) is 13.8 Å². The zero-order chi connectivity index (χ0) is 20.3. The molecule has 0 spiro atoms. The summed E-state index contributed by atoms with van der Waals surface area (Å²) in [5, 5.41) is 0. The lowest BCUT2D eigenvalue weighted by atomic mass is 10.3. The molecule has 0 aliphatic heterocycles. The summed E-state index contributed by atoms with van der Waals surface area (Å²) in [6.07, 6.45) is -1.86. The van der Waals surface area contributed by atoms with Gasteiger partial charge in [-0.15, -0.1) is 34.8 Å². The van der Waals surface area contributed by atoms with Gasteiger partial charge in [0.05, 0.1) is 11.8 Å². The van der Waals surface area contributed by atoms with Gasteiger partial charge in [-0.2, -0.15) is 0 Å². The molecule has 0 rings (SSSR count). The minimum absolute atomic E-state index is 0.135. The maximum absolute atomic E-state index is 12.7. The average Bonchev–Trinajstić information content (AvgIpc) is 2.61. The molecule has 2 unspecified atom stereocenters. The Bertz CT molecular complexity index is 523. The zero-order valence-electron chi connectivity index (χ0n) is 14.5. The highest BCUT2D eigenvalue weighted by Crippen LogP contribution is 2.51. The first-order chi connectivity index (χ1) is 12.1. The zero-order valence-corrected chi connectivity index (χ0v) is 17.7. The number of rotatable bonds is 13. The van der Waals surface area contributed by atoms with Crippen LogP contribution in [0.15, 0.2) is 24.3 Å². The molecule has 0 aromatic rings. The van der Waals surface area contributed by atoms with Gasteiger partial charge < -0.3 is 9.47 Å². The molecule has 0 heterocycles. The van der Waals surface area contributed by atoms with E-state index in [1.807, 2.05) is 0 Å².